The zero-order valence-corrected chi connectivity index (χ0v) is 13.7. The molecule has 0 unspecified atom stereocenters. The van der Waals surface area contributed by atoms with E-state index in [1.807, 2.05) is 25.3 Å². The highest BCUT2D eigenvalue weighted by Crippen LogP contribution is 2.27. The number of thiazole rings is 1. The van der Waals surface area contributed by atoms with Crippen LogP contribution in [0.5, 0.6) is 0 Å². The van der Waals surface area contributed by atoms with E-state index in [1.165, 1.54) is 29.5 Å². The van der Waals surface area contributed by atoms with Crippen LogP contribution in [0.4, 0.5) is 5.13 Å². The third-order valence-corrected chi connectivity index (χ3v) is 5.41. The number of hydrogen-bond donors (Lipinski definition) is 1. The van der Waals surface area contributed by atoms with E-state index in [0.29, 0.717) is 10.7 Å². The number of sulfonamides is 1. The Morgan fingerprint density at radius 2 is 2.14 bits per heavy atom. The molecule has 0 saturated heterocycles. The molecule has 1 N–H and O–H groups in total. The van der Waals surface area contributed by atoms with Gasteiger partial charge in [0.25, 0.3) is 10.0 Å². The van der Waals surface area contributed by atoms with E-state index in [-0.39, 0.29) is 15.8 Å². The highest BCUT2D eigenvalue weighted by Gasteiger charge is 2.20. The van der Waals surface area contributed by atoms with Crippen LogP contribution in [0.25, 0.3) is 0 Å². The first kappa shape index (κ1) is 15.8. The van der Waals surface area contributed by atoms with Gasteiger partial charge >= 0.3 is 0 Å². The third-order valence-electron chi connectivity index (χ3n) is 2.69. The fourth-order valence-electron chi connectivity index (χ4n) is 1.56. The smallest absolute Gasteiger partial charge is 0.255 e. The molecule has 110 valence electrons. The van der Waals surface area contributed by atoms with Gasteiger partial charge in [0.15, 0.2) is 5.13 Å². The van der Waals surface area contributed by atoms with Crippen LogP contribution in [0.3, 0.4) is 0 Å². The largest absolute Gasteiger partial charge is 0.265 e. The third kappa shape index (κ3) is 3.53. The highest BCUT2D eigenvalue weighted by molar-refractivity contribution is 7.93. The predicted octanol–water partition coefficient (Wildman–Crippen LogP) is 3.59. The summed E-state index contributed by atoms with van der Waals surface area (Å²) >= 11 is 7.14. The Balaban J connectivity index is 2.32. The number of nitrogens with zero attached hydrogens (tertiary/aromatic N) is 2. The average Bonchev–Trinajstić information content (AvgIpc) is 2.86. The number of aromatic nitrogens is 1. The number of nitrogens with one attached hydrogen (secondary N) is 1. The molecule has 1 aromatic heterocycles. The molecule has 0 fully saturated rings. The lowest BCUT2D eigenvalue weighted by Crippen LogP contribution is -2.13. The van der Waals surface area contributed by atoms with Gasteiger partial charge in [0, 0.05) is 5.38 Å². The van der Waals surface area contributed by atoms with Gasteiger partial charge < -0.3 is 0 Å². The normalized spacial score (nSPS) is 11.4. The Kier molecular flexibility index (Phi) is 4.52. The molecule has 1 aromatic carbocycles. The van der Waals surface area contributed by atoms with Crippen LogP contribution in [0.1, 0.15) is 31.0 Å². The topological polar surface area (TPSA) is 82.9 Å². The van der Waals surface area contributed by atoms with Crippen LogP contribution in [-0.4, -0.2) is 13.4 Å². The zero-order valence-electron chi connectivity index (χ0n) is 11.3. The lowest BCUT2D eigenvalue weighted by atomic mass is 10.2. The Hall–Kier alpha value is -1.62. The molecule has 5 nitrogen and oxygen atoms in total. The summed E-state index contributed by atoms with van der Waals surface area (Å²) in [5, 5.41) is 10.9. The summed E-state index contributed by atoms with van der Waals surface area (Å²) in [4.78, 5) is 4.14. The average molecular weight is 342 g/mol. The summed E-state index contributed by atoms with van der Waals surface area (Å²) < 4.78 is 27.0. The molecule has 1 heterocycles. The van der Waals surface area contributed by atoms with Crippen LogP contribution in [0.2, 0.25) is 5.02 Å². The van der Waals surface area contributed by atoms with Crippen molar-refractivity contribution in [2.75, 3.05) is 4.72 Å². The standard InChI is InChI=1S/C13H12ClN3O2S2/c1-8(2)11-7-20-13(16-11)17-21(18,19)12-4-3-9(6-15)5-10(12)14/h3-5,7-8H,1-2H3,(H,16,17). The van der Waals surface area contributed by atoms with Gasteiger partial charge in [0.1, 0.15) is 4.90 Å². The first-order chi connectivity index (χ1) is 9.83. The second kappa shape index (κ2) is 6.02. The number of anilines is 1. The Bertz CT molecular complexity index is 807. The van der Waals surface area contributed by atoms with E-state index in [9.17, 15) is 8.42 Å². The minimum atomic E-state index is -3.82. The summed E-state index contributed by atoms with van der Waals surface area (Å²) in [5.41, 5.74) is 1.12. The number of halogens is 1. The van der Waals surface area contributed by atoms with Gasteiger partial charge in [0.05, 0.1) is 22.3 Å². The molecule has 0 radical (unpaired) electrons. The molecule has 0 saturated carbocycles. The van der Waals surface area contributed by atoms with Crippen molar-refractivity contribution in [3.8, 4) is 6.07 Å². The molecular formula is C13H12ClN3O2S2. The molecule has 0 aliphatic carbocycles. The Labute approximate surface area is 132 Å². The molecule has 21 heavy (non-hydrogen) atoms. The fraction of sp³-hybridized carbons (Fsp3) is 0.231. The van der Waals surface area contributed by atoms with E-state index in [4.69, 9.17) is 16.9 Å². The Morgan fingerprint density at radius 1 is 1.43 bits per heavy atom. The second-order valence-corrected chi connectivity index (χ2v) is 7.51. The molecular weight excluding hydrogens is 330 g/mol. The van der Waals surface area contributed by atoms with Crippen LogP contribution in [-0.2, 0) is 10.0 Å². The van der Waals surface area contributed by atoms with E-state index in [2.05, 4.69) is 9.71 Å². The van der Waals surface area contributed by atoms with Crippen molar-refractivity contribution in [3.05, 3.63) is 39.9 Å². The maximum Gasteiger partial charge on any atom is 0.265 e. The molecule has 2 rings (SSSR count). The fourth-order valence-corrected chi connectivity index (χ4v) is 4.23. The van der Waals surface area contributed by atoms with Crippen molar-refractivity contribution in [1.82, 2.24) is 4.98 Å². The van der Waals surface area contributed by atoms with Crippen molar-refractivity contribution in [2.45, 2.75) is 24.7 Å². The van der Waals surface area contributed by atoms with Crippen molar-refractivity contribution >= 4 is 38.1 Å². The van der Waals surface area contributed by atoms with Crippen molar-refractivity contribution in [3.63, 3.8) is 0 Å². The summed E-state index contributed by atoms with van der Waals surface area (Å²) in [5.74, 6) is 0.220. The number of hydrogen-bond acceptors (Lipinski definition) is 5. The molecule has 0 aliphatic heterocycles. The monoisotopic (exact) mass is 341 g/mol. The quantitative estimate of drug-likeness (QED) is 0.921. The maximum atomic E-state index is 12.3. The number of benzene rings is 1. The molecule has 0 aliphatic rings. The molecule has 8 heteroatoms. The number of nitriles is 1. The highest BCUT2D eigenvalue weighted by atomic mass is 35.5. The van der Waals surface area contributed by atoms with Gasteiger partial charge in [-0.3, -0.25) is 4.72 Å². The Morgan fingerprint density at radius 3 is 2.67 bits per heavy atom. The molecule has 2 aromatic rings. The van der Waals surface area contributed by atoms with Crippen molar-refractivity contribution < 1.29 is 8.42 Å². The van der Waals surface area contributed by atoms with Gasteiger partial charge in [-0.2, -0.15) is 5.26 Å². The SMILES string of the molecule is CC(C)c1csc(NS(=O)(=O)c2ccc(C#N)cc2Cl)n1. The zero-order chi connectivity index (χ0) is 15.6. The van der Waals surface area contributed by atoms with Gasteiger partial charge in [-0.1, -0.05) is 25.4 Å². The van der Waals surface area contributed by atoms with Crippen molar-refractivity contribution in [1.29, 1.82) is 5.26 Å². The van der Waals surface area contributed by atoms with Gasteiger partial charge in [0.2, 0.25) is 0 Å². The van der Waals surface area contributed by atoms with Crippen LogP contribution in [0, 0.1) is 11.3 Å². The number of rotatable bonds is 4. The minimum Gasteiger partial charge on any atom is -0.255 e. The first-order valence-electron chi connectivity index (χ1n) is 6.01. The van der Waals surface area contributed by atoms with Gasteiger partial charge in [-0.25, -0.2) is 13.4 Å². The van der Waals surface area contributed by atoms with Crippen LogP contribution < -0.4 is 4.72 Å². The van der Waals surface area contributed by atoms with E-state index < -0.39 is 10.0 Å². The summed E-state index contributed by atoms with van der Waals surface area (Å²) in [6, 6.07) is 5.93. The van der Waals surface area contributed by atoms with Crippen molar-refractivity contribution in [2.24, 2.45) is 0 Å². The lowest BCUT2D eigenvalue weighted by molar-refractivity contribution is 0.601. The predicted molar refractivity (Wildman–Crippen MR) is 83.2 cm³/mol. The minimum absolute atomic E-state index is 0.00203. The second-order valence-electron chi connectivity index (χ2n) is 4.59. The van der Waals surface area contributed by atoms with E-state index in [0.717, 1.165) is 5.69 Å². The molecule has 0 amide bonds. The van der Waals surface area contributed by atoms with Gasteiger partial charge in [-0.15, -0.1) is 11.3 Å². The van der Waals surface area contributed by atoms with E-state index in [1.54, 1.807) is 0 Å². The van der Waals surface area contributed by atoms with Crippen LogP contribution in [0.15, 0.2) is 28.5 Å². The maximum absolute atomic E-state index is 12.3. The van der Waals surface area contributed by atoms with Gasteiger partial charge in [-0.05, 0) is 24.1 Å². The molecule has 0 spiro atoms. The molecule has 0 bridgehead atoms. The van der Waals surface area contributed by atoms with E-state index >= 15 is 0 Å². The lowest BCUT2D eigenvalue weighted by Gasteiger charge is -2.07. The summed E-state index contributed by atoms with van der Waals surface area (Å²) in [7, 11) is -3.82. The summed E-state index contributed by atoms with van der Waals surface area (Å²) in [6.07, 6.45) is 0. The summed E-state index contributed by atoms with van der Waals surface area (Å²) in [6.45, 7) is 3.95. The van der Waals surface area contributed by atoms with Crippen LogP contribution >= 0.6 is 22.9 Å². The first-order valence-corrected chi connectivity index (χ1v) is 8.75. The molecule has 0 atom stereocenters.